The van der Waals surface area contributed by atoms with E-state index in [0.29, 0.717) is 5.54 Å². The van der Waals surface area contributed by atoms with Crippen LogP contribution in [0.5, 0.6) is 0 Å². The van der Waals surface area contributed by atoms with Crippen molar-refractivity contribution in [2.24, 2.45) is 5.92 Å². The van der Waals surface area contributed by atoms with Crippen LogP contribution in [0.3, 0.4) is 0 Å². The Morgan fingerprint density at radius 3 is 2.50 bits per heavy atom. The lowest BCUT2D eigenvalue weighted by atomic mass is 9.92. The van der Waals surface area contributed by atoms with Crippen LogP contribution in [0.1, 0.15) is 53.4 Å². The Balaban J connectivity index is 2.01. The highest BCUT2D eigenvalue weighted by atomic mass is 15.3. The van der Waals surface area contributed by atoms with Gasteiger partial charge in [0.25, 0.3) is 0 Å². The summed E-state index contributed by atoms with van der Waals surface area (Å²) in [7, 11) is 0. The number of nitrogens with one attached hydrogen (secondary N) is 1. The van der Waals surface area contributed by atoms with E-state index in [0.717, 1.165) is 18.0 Å². The van der Waals surface area contributed by atoms with Crippen molar-refractivity contribution in [1.29, 1.82) is 0 Å². The Hall–Kier alpha value is -0.0800. The second kappa shape index (κ2) is 4.66. The molecule has 0 aromatic rings. The highest BCUT2D eigenvalue weighted by Gasteiger charge is 2.46. The fourth-order valence-electron chi connectivity index (χ4n) is 3.15. The first-order valence-electron chi connectivity index (χ1n) is 7.14. The Morgan fingerprint density at radius 2 is 2.00 bits per heavy atom. The first kappa shape index (κ1) is 12.4. The van der Waals surface area contributed by atoms with E-state index in [1.807, 2.05) is 0 Å². The summed E-state index contributed by atoms with van der Waals surface area (Å²) in [5.41, 5.74) is 0.354. The van der Waals surface area contributed by atoms with Crippen LogP contribution in [-0.2, 0) is 0 Å². The van der Waals surface area contributed by atoms with Gasteiger partial charge in [0.15, 0.2) is 0 Å². The average molecular weight is 224 g/mol. The number of hydrogen-bond donors (Lipinski definition) is 1. The van der Waals surface area contributed by atoms with Gasteiger partial charge in [0, 0.05) is 30.7 Å². The molecule has 0 bridgehead atoms. The SMILES string of the molecule is CCC1CC1N1CC(C)(CC)NCC1CC. The van der Waals surface area contributed by atoms with Crippen molar-refractivity contribution >= 4 is 0 Å². The quantitative estimate of drug-likeness (QED) is 0.790. The van der Waals surface area contributed by atoms with Gasteiger partial charge in [-0.05, 0) is 32.1 Å². The summed E-state index contributed by atoms with van der Waals surface area (Å²) in [4.78, 5) is 2.81. The minimum Gasteiger partial charge on any atom is -0.309 e. The third-order valence-corrected chi connectivity index (χ3v) is 4.85. The Labute approximate surface area is 101 Å². The lowest BCUT2D eigenvalue weighted by molar-refractivity contribution is 0.0702. The first-order chi connectivity index (χ1) is 7.63. The average Bonchev–Trinajstić information content (AvgIpc) is 3.08. The molecule has 0 spiro atoms. The van der Waals surface area contributed by atoms with Gasteiger partial charge in [0.1, 0.15) is 0 Å². The highest BCUT2D eigenvalue weighted by Crippen LogP contribution is 2.41. The molecule has 2 fully saturated rings. The molecule has 1 N–H and O–H groups in total. The molecule has 1 aliphatic carbocycles. The van der Waals surface area contributed by atoms with Crippen molar-refractivity contribution in [2.45, 2.75) is 71.0 Å². The van der Waals surface area contributed by atoms with Crippen LogP contribution in [0.25, 0.3) is 0 Å². The summed E-state index contributed by atoms with van der Waals surface area (Å²) < 4.78 is 0. The van der Waals surface area contributed by atoms with Gasteiger partial charge in [-0.2, -0.15) is 0 Å². The predicted octanol–water partition coefficient (Wildman–Crippen LogP) is 2.64. The Bertz CT molecular complexity index is 241. The van der Waals surface area contributed by atoms with Crippen LogP contribution in [-0.4, -0.2) is 35.6 Å². The molecule has 1 heterocycles. The summed E-state index contributed by atoms with van der Waals surface area (Å²) in [6.07, 6.45) is 5.35. The maximum atomic E-state index is 3.75. The van der Waals surface area contributed by atoms with Crippen molar-refractivity contribution in [3.8, 4) is 0 Å². The number of rotatable bonds is 4. The van der Waals surface area contributed by atoms with Gasteiger partial charge < -0.3 is 5.32 Å². The summed E-state index contributed by atoms with van der Waals surface area (Å²) in [5.74, 6) is 0.994. The van der Waals surface area contributed by atoms with Gasteiger partial charge in [-0.3, -0.25) is 4.90 Å². The van der Waals surface area contributed by atoms with E-state index in [-0.39, 0.29) is 0 Å². The molecule has 2 aliphatic rings. The molecule has 2 nitrogen and oxygen atoms in total. The van der Waals surface area contributed by atoms with Crippen molar-refractivity contribution in [3.05, 3.63) is 0 Å². The molecule has 0 aromatic carbocycles. The summed E-state index contributed by atoms with van der Waals surface area (Å²) >= 11 is 0. The van der Waals surface area contributed by atoms with Crippen molar-refractivity contribution < 1.29 is 0 Å². The third kappa shape index (κ3) is 2.28. The summed E-state index contributed by atoms with van der Waals surface area (Å²) in [5, 5.41) is 3.75. The Kier molecular flexibility index (Phi) is 3.60. The molecule has 4 atom stereocenters. The molecule has 1 aliphatic heterocycles. The molecule has 1 saturated heterocycles. The van der Waals surface area contributed by atoms with Gasteiger partial charge in [-0.1, -0.05) is 27.2 Å². The van der Waals surface area contributed by atoms with E-state index in [9.17, 15) is 0 Å². The molecule has 0 radical (unpaired) electrons. The zero-order valence-corrected chi connectivity index (χ0v) is 11.4. The smallest absolute Gasteiger partial charge is 0.0278 e. The van der Waals surface area contributed by atoms with Crippen molar-refractivity contribution in [2.75, 3.05) is 13.1 Å². The summed E-state index contributed by atoms with van der Waals surface area (Å²) in [6.45, 7) is 11.8. The van der Waals surface area contributed by atoms with Crippen molar-refractivity contribution in [1.82, 2.24) is 10.2 Å². The van der Waals surface area contributed by atoms with Crippen LogP contribution in [0.15, 0.2) is 0 Å². The second-order valence-corrected chi connectivity index (χ2v) is 6.00. The van der Waals surface area contributed by atoms with E-state index in [1.165, 1.54) is 38.8 Å². The zero-order chi connectivity index (χ0) is 11.8. The van der Waals surface area contributed by atoms with Gasteiger partial charge >= 0.3 is 0 Å². The molecule has 16 heavy (non-hydrogen) atoms. The number of nitrogens with zero attached hydrogens (tertiary/aromatic N) is 1. The van der Waals surface area contributed by atoms with Crippen LogP contribution in [0.2, 0.25) is 0 Å². The summed E-state index contributed by atoms with van der Waals surface area (Å²) in [6, 6.07) is 1.68. The van der Waals surface area contributed by atoms with Crippen LogP contribution >= 0.6 is 0 Å². The maximum Gasteiger partial charge on any atom is 0.0278 e. The van der Waals surface area contributed by atoms with E-state index in [1.54, 1.807) is 0 Å². The van der Waals surface area contributed by atoms with Crippen molar-refractivity contribution in [3.63, 3.8) is 0 Å². The molecular formula is C14H28N2. The highest BCUT2D eigenvalue weighted by molar-refractivity contribution is 5.03. The van der Waals surface area contributed by atoms with Gasteiger partial charge in [-0.15, -0.1) is 0 Å². The minimum absolute atomic E-state index is 0.354. The lowest BCUT2D eigenvalue weighted by Crippen LogP contribution is -2.63. The first-order valence-corrected chi connectivity index (χ1v) is 7.14. The van der Waals surface area contributed by atoms with Crippen LogP contribution in [0, 0.1) is 5.92 Å². The third-order valence-electron chi connectivity index (χ3n) is 4.85. The molecule has 0 aromatic heterocycles. The topological polar surface area (TPSA) is 15.3 Å². The van der Waals surface area contributed by atoms with E-state index in [4.69, 9.17) is 0 Å². The van der Waals surface area contributed by atoms with Gasteiger partial charge in [-0.25, -0.2) is 0 Å². The molecule has 0 amide bonds. The zero-order valence-electron chi connectivity index (χ0n) is 11.4. The number of piperazine rings is 1. The van der Waals surface area contributed by atoms with E-state index in [2.05, 4.69) is 37.9 Å². The minimum atomic E-state index is 0.354. The maximum absolute atomic E-state index is 3.75. The van der Waals surface area contributed by atoms with Crippen LogP contribution in [0.4, 0.5) is 0 Å². The second-order valence-electron chi connectivity index (χ2n) is 6.00. The molecule has 2 rings (SSSR count). The monoisotopic (exact) mass is 224 g/mol. The van der Waals surface area contributed by atoms with E-state index >= 15 is 0 Å². The predicted molar refractivity (Wildman–Crippen MR) is 69.7 cm³/mol. The normalized spacial score (nSPS) is 44.6. The standard InChI is InChI=1S/C14H28N2/c1-5-11-8-13(11)16-10-14(4,7-3)15-9-12(16)6-2/h11-13,15H,5-10H2,1-4H3. The molecular weight excluding hydrogens is 196 g/mol. The lowest BCUT2D eigenvalue weighted by Gasteiger charge is -2.46. The fraction of sp³-hybridized carbons (Fsp3) is 1.00. The largest absolute Gasteiger partial charge is 0.309 e. The number of hydrogen-bond acceptors (Lipinski definition) is 2. The fourth-order valence-corrected chi connectivity index (χ4v) is 3.15. The van der Waals surface area contributed by atoms with Crippen LogP contribution < -0.4 is 5.32 Å². The van der Waals surface area contributed by atoms with E-state index < -0.39 is 0 Å². The Morgan fingerprint density at radius 1 is 1.25 bits per heavy atom. The molecule has 94 valence electrons. The van der Waals surface area contributed by atoms with Gasteiger partial charge in [0.05, 0.1) is 0 Å². The molecule has 4 unspecified atom stereocenters. The molecule has 2 heteroatoms. The molecule has 1 saturated carbocycles. The van der Waals surface area contributed by atoms with Gasteiger partial charge in [0.2, 0.25) is 0 Å².